The summed E-state index contributed by atoms with van der Waals surface area (Å²) in [6.07, 6.45) is 2.79. The van der Waals surface area contributed by atoms with Crippen LogP contribution in [0.15, 0.2) is 21.0 Å². The molecule has 0 aromatic carbocycles. The van der Waals surface area contributed by atoms with Crippen molar-refractivity contribution in [2.45, 2.75) is 33.6 Å². The van der Waals surface area contributed by atoms with Gasteiger partial charge in [-0.15, -0.1) is 0 Å². The fourth-order valence-electron chi connectivity index (χ4n) is 1.83. The van der Waals surface area contributed by atoms with E-state index in [1.54, 1.807) is 13.8 Å². The van der Waals surface area contributed by atoms with E-state index in [2.05, 4.69) is 6.58 Å². The molecule has 1 aromatic rings. The molecular weight excluding hydrogens is 242 g/mol. The first-order valence-electron chi connectivity index (χ1n) is 6.09. The number of rotatable bonds is 3. The standard InChI is InChI=1S/C15H17NO3/c1-5-7-11-9(3)10(4)14(19-15(11)18)12(8-16)13(17)6-2/h6,17H,4-5,7H2,1-3H3/b13-6+,14-12+. The summed E-state index contributed by atoms with van der Waals surface area (Å²) in [6.45, 7) is 9.18. The summed E-state index contributed by atoms with van der Waals surface area (Å²) < 4.78 is 5.17. The predicted molar refractivity (Wildman–Crippen MR) is 73.9 cm³/mol. The van der Waals surface area contributed by atoms with Crippen molar-refractivity contribution in [3.8, 4) is 6.07 Å². The van der Waals surface area contributed by atoms with Crippen molar-refractivity contribution < 1.29 is 9.52 Å². The Kier molecular flexibility index (Phi) is 4.71. The molecule has 4 nitrogen and oxygen atoms in total. The van der Waals surface area contributed by atoms with Crippen molar-refractivity contribution in [2.24, 2.45) is 0 Å². The van der Waals surface area contributed by atoms with Crippen LogP contribution in [0.3, 0.4) is 0 Å². The molecule has 0 amide bonds. The van der Waals surface area contributed by atoms with Gasteiger partial charge in [-0.05, 0) is 31.9 Å². The van der Waals surface area contributed by atoms with Crippen LogP contribution in [-0.2, 0) is 6.42 Å². The van der Waals surface area contributed by atoms with Crippen molar-refractivity contribution in [1.82, 2.24) is 0 Å². The Morgan fingerprint density at radius 1 is 1.58 bits per heavy atom. The summed E-state index contributed by atoms with van der Waals surface area (Å²) in [4.78, 5) is 11.9. The maximum Gasteiger partial charge on any atom is 0.339 e. The summed E-state index contributed by atoms with van der Waals surface area (Å²) in [7, 11) is 0. The molecule has 1 N–H and O–H groups in total. The quantitative estimate of drug-likeness (QED) is 0.834. The molecule has 0 unspecified atom stereocenters. The first-order chi connectivity index (χ1) is 8.97. The van der Waals surface area contributed by atoms with Crippen LogP contribution in [0, 0.1) is 18.3 Å². The van der Waals surface area contributed by atoms with E-state index in [9.17, 15) is 9.90 Å². The lowest BCUT2D eigenvalue weighted by molar-refractivity contribution is 0.425. The number of nitrogens with zero attached hydrogens (tertiary/aromatic N) is 1. The highest BCUT2D eigenvalue weighted by Gasteiger charge is 2.11. The van der Waals surface area contributed by atoms with Gasteiger partial charge in [0.2, 0.25) is 0 Å². The van der Waals surface area contributed by atoms with Crippen LogP contribution in [-0.4, -0.2) is 5.11 Å². The Morgan fingerprint density at radius 3 is 2.68 bits per heavy atom. The van der Waals surface area contributed by atoms with Crippen molar-refractivity contribution >= 4 is 12.2 Å². The number of nitriles is 1. The topological polar surface area (TPSA) is 74.2 Å². The van der Waals surface area contributed by atoms with Gasteiger partial charge >= 0.3 is 5.63 Å². The molecular formula is C15H17NO3. The molecule has 19 heavy (non-hydrogen) atoms. The Labute approximate surface area is 111 Å². The highest BCUT2D eigenvalue weighted by molar-refractivity contribution is 5.71. The normalized spacial score (nSPS) is 13.1. The Bertz CT molecular complexity index is 717. The second-order valence-corrected chi connectivity index (χ2v) is 4.21. The molecule has 0 atom stereocenters. The third kappa shape index (κ3) is 2.76. The average Bonchev–Trinajstić information content (AvgIpc) is 2.40. The van der Waals surface area contributed by atoms with Crippen LogP contribution in [0.5, 0.6) is 0 Å². The van der Waals surface area contributed by atoms with Crippen LogP contribution < -0.4 is 16.3 Å². The second-order valence-electron chi connectivity index (χ2n) is 4.21. The molecule has 1 heterocycles. The van der Waals surface area contributed by atoms with E-state index in [4.69, 9.17) is 9.68 Å². The number of aliphatic hydroxyl groups excluding tert-OH is 1. The van der Waals surface area contributed by atoms with Gasteiger partial charge in [0.1, 0.15) is 17.4 Å². The van der Waals surface area contributed by atoms with Gasteiger partial charge in [-0.1, -0.05) is 19.9 Å². The van der Waals surface area contributed by atoms with Gasteiger partial charge in [-0.3, -0.25) is 0 Å². The van der Waals surface area contributed by atoms with E-state index in [1.807, 2.05) is 13.0 Å². The largest absolute Gasteiger partial charge is 0.507 e. The monoisotopic (exact) mass is 259 g/mol. The third-order valence-electron chi connectivity index (χ3n) is 2.99. The van der Waals surface area contributed by atoms with Crippen molar-refractivity contribution in [3.63, 3.8) is 0 Å². The van der Waals surface area contributed by atoms with Crippen LogP contribution in [0.4, 0.5) is 0 Å². The minimum atomic E-state index is -0.474. The molecule has 0 spiro atoms. The molecule has 4 heteroatoms. The average molecular weight is 259 g/mol. The number of hydrogen-bond donors (Lipinski definition) is 1. The van der Waals surface area contributed by atoms with Crippen molar-refractivity contribution in [1.29, 1.82) is 5.26 Å². The SMILES string of the molecule is C=c1c(C)c(CCC)c(=O)o/c1=C(C#N)/C(O)=C\C. The van der Waals surface area contributed by atoms with Crippen LogP contribution in [0.2, 0.25) is 0 Å². The number of allylic oxidation sites excluding steroid dienone is 2. The summed E-state index contributed by atoms with van der Waals surface area (Å²) >= 11 is 0. The van der Waals surface area contributed by atoms with Crippen LogP contribution in [0.25, 0.3) is 12.2 Å². The molecule has 0 radical (unpaired) electrons. The Morgan fingerprint density at radius 2 is 2.21 bits per heavy atom. The lowest BCUT2D eigenvalue weighted by Gasteiger charge is -2.04. The highest BCUT2D eigenvalue weighted by Crippen LogP contribution is 2.04. The zero-order chi connectivity index (χ0) is 14.6. The zero-order valence-corrected chi connectivity index (χ0v) is 11.4. The smallest absolute Gasteiger partial charge is 0.339 e. The van der Waals surface area contributed by atoms with E-state index >= 15 is 0 Å². The van der Waals surface area contributed by atoms with Gasteiger partial charge in [0.05, 0.1) is 0 Å². The van der Waals surface area contributed by atoms with Crippen molar-refractivity contribution in [3.05, 3.63) is 44.0 Å². The number of aliphatic hydroxyl groups is 1. The van der Waals surface area contributed by atoms with Gasteiger partial charge in [0.25, 0.3) is 0 Å². The van der Waals surface area contributed by atoms with Gasteiger partial charge in [-0.2, -0.15) is 5.26 Å². The van der Waals surface area contributed by atoms with E-state index in [0.29, 0.717) is 22.8 Å². The Hall–Kier alpha value is -2.28. The van der Waals surface area contributed by atoms with Crippen molar-refractivity contribution in [2.75, 3.05) is 0 Å². The molecule has 0 fully saturated rings. The van der Waals surface area contributed by atoms with E-state index < -0.39 is 5.63 Å². The summed E-state index contributed by atoms with van der Waals surface area (Å²) in [5.74, 6) is -0.224. The van der Waals surface area contributed by atoms with Crippen LogP contribution in [0.1, 0.15) is 31.4 Å². The molecule has 100 valence electrons. The molecule has 0 saturated carbocycles. The highest BCUT2D eigenvalue weighted by atomic mass is 16.4. The lowest BCUT2D eigenvalue weighted by Crippen LogP contribution is -2.35. The summed E-state index contributed by atoms with van der Waals surface area (Å²) in [5, 5.41) is 19.2. The minimum Gasteiger partial charge on any atom is -0.507 e. The molecule has 0 aliphatic heterocycles. The molecule has 0 saturated heterocycles. The van der Waals surface area contributed by atoms with E-state index in [1.165, 1.54) is 6.08 Å². The molecule has 0 bridgehead atoms. The molecule has 0 aliphatic carbocycles. The third-order valence-corrected chi connectivity index (χ3v) is 2.99. The molecule has 0 aliphatic rings. The predicted octanol–water partition coefficient (Wildman–Crippen LogP) is 1.45. The number of hydrogen-bond acceptors (Lipinski definition) is 4. The lowest BCUT2D eigenvalue weighted by atomic mass is 10.0. The van der Waals surface area contributed by atoms with Gasteiger partial charge < -0.3 is 9.52 Å². The van der Waals surface area contributed by atoms with Gasteiger partial charge in [-0.25, -0.2) is 4.79 Å². The Balaban J connectivity index is 3.86. The molecule has 1 rings (SSSR count). The second kappa shape index (κ2) is 6.05. The zero-order valence-electron chi connectivity index (χ0n) is 11.4. The molecule has 1 aromatic heterocycles. The van der Waals surface area contributed by atoms with E-state index in [0.717, 1.165) is 6.42 Å². The summed E-state index contributed by atoms with van der Waals surface area (Å²) in [5.41, 5.74) is 0.785. The van der Waals surface area contributed by atoms with Crippen LogP contribution >= 0.6 is 0 Å². The van der Waals surface area contributed by atoms with Gasteiger partial charge in [0, 0.05) is 10.8 Å². The first-order valence-corrected chi connectivity index (χ1v) is 6.09. The maximum absolute atomic E-state index is 11.9. The minimum absolute atomic E-state index is 0.0421. The fourth-order valence-corrected chi connectivity index (χ4v) is 1.83. The summed E-state index contributed by atoms with van der Waals surface area (Å²) in [6, 6.07) is 1.84. The van der Waals surface area contributed by atoms with E-state index in [-0.39, 0.29) is 16.7 Å². The maximum atomic E-state index is 11.9. The van der Waals surface area contributed by atoms with Gasteiger partial charge in [0.15, 0.2) is 5.42 Å². The first kappa shape index (κ1) is 14.8. The fraction of sp³-hybridized carbons (Fsp3) is 0.333.